The molecule has 0 unspecified atom stereocenters. The van der Waals surface area contributed by atoms with Crippen LogP contribution in [0.5, 0.6) is 0 Å². The van der Waals surface area contributed by atoms with Crippen molar-refractivity contribution in [3.63, 3.8) is 0 Å². The van der Waals surface area contributed by atoms with E-state index < -0.39 is 0 Å². The van der Waals surface area contributed by atoms with Gasteiger partial charge in [-0.15, -0.1) is 0 Å². The molecule has 5 heteroatoms. The number of nitrogens with zero attached hydrogens (tertiary/aromatic N) is 2. The first-order chi connectivity index (χ1) is 8.52. The molecule has 0 aliphatic carbocycles. The highest BCUT2D eigenvalue weighted by molar-refractivity contribution is 6.31. The van der Waals surface area contributed by atoms with Crippen molar-refractivity contribution in [3.8, 4) is 0 Å². The lowest BCUT2D eigenvalue weighted by molar-refractivity contribution is -0.129. The SMILES string of the molecule is CN(C)C(=O)Cn1cc(C=O)c2ccc(Cl)cc21. The smallest absolute Gasteiger partial charge is 0.241 e. The minimum Gasteiger partial charge on any atom is -0.347 e. The maximum atomic E-state index is 11.7. The second kappa shape index (κ2) is 4.82. The van der Waals surface area contributed by atoms with Crippen LogP contribution in [-0.2, 0) is 11.3 Å². The van der Waals surface area contributed by atoms with E-state index in [0.29, 0.717) is 10.6 Å². The molecule has 0 bridgehead atoms. The number of hydrogen-bond donors (Lipinski definition) is 0. The highest BCUT2D eigenvalue weighted by Crippen LogP contribution is 2.23. The molecule has 0 atom stereocenters. The monoisotopic (exact) mass is 264 g/mol. The first-order valence-corrected chi connectivity index (χ1v) is 5.84. The summed E-state index contributed by atoms with van der Waals surface area (Å²) in [5.74, 6) is -0.0377. The lowest BCUT2D eigenvalue weighted by Gasteiger charge is -2.11. The predicted octanol–water partition coefficient (Wildman–Crippen LogP) is 2.20. The summed E-state index contributed by atoms with van der Waals surface area (Å²) >= 11 is 5.95. The van der Waals surface area contributed by atoms with Gasteiger partial charge in [-0.3, -0.25) is 9.59 Å². The van der Waals surface area contributed by atoms with Crippen LogP contribution in [0.4, 0.5) is 0 Å². The molecule has 0 radical (unpaired) electrons. The molecule has 0 aliphatic heterocycles. The molecule has 1 amide bonds. The molecule has 0 saturated carbocycles. The van der Waals surface area contributed by atoms with Crippen molar-refractivity contribution >= 4 is 34.7 Å². The summed E-state index contributed by atoms with van der Waals surface area (Å²) < 4.78 is 1.74. The summed E-state index contributed by atoms with van der Waals surface area (Å²) in [7, 11) is 3.39. The maximum Gasteiger partial charge on any atom is 0.241 e. The second-order valence-corrected chi connectivity index (χ2v) is 4.72. The Morgan fingerprint density at radius 1 is 1.44 bits per heavy atom. The van der Waals surface area contributed by atoms with Crippen LogP contribution in [0.25, 0.3) is 10.9 Å². The number of halogens is 1. The molecular formula is C13H13ClN2O2. The molecule has 0 spiro atoms. The summed E-state index contributed by atoms with van der Waals surface area (Å²) in [6.07, 6.45) is 2.46. The van der Waals surface area contributed by atoms with Gasteiger partial charge in [0, 0.05) is 36.3 Å². The van der Waals surface area contributed by atoms with Gasteiger partial charge in [0.05, 0.1) is 5.52 Å². The lowest BCUT2D eigenvalue weighted by atomic mass is 10.2. The molecule has 1 aromatic heterocycles. The van der Waals surface area contributed by atoms with Crippen LogP contribution >= 0.6 is 11.6 Å². The first kappa shape index (κ1) is 12.6. The number of carbonyl (C=O) groups is 2. The van der Waals surface area contributed by atoms with Crippen molar-refractivity contribution in [1.82, 2.24) is 9.47 Å². The number of amides is 1. The molecule has 2 rings (SSSR count). The number of rotatable bonds is 3. The Hall–Kier alpha value is -1.81. The van der Waals surface area contributed by atoms with Crippen LogP contribution in [0.2, 0.25) is 5.02 Å². The molecule has 0 aliphatic rings. The van der Waals surface area contributed by atoms with Gasteiger partial charge in [0.1, 0.15) is 6.54 Å². The Bertz CT molecular complexity index is 617. The van der Waals surface area contributed by atoms with Gasteiger partial charge in [-0.25, -0.2) is 0 Å². The zero-order chi connectivity index (χ0) is 13.3. The summed E-state index contributed by atoms with van der Waals surface area (Å²) in [6, 6.07) is 5.28. The van der Waals surface area contributed by atoms with E-state index in [9.17, 15) is 9.59 Å². The molecule has 4 nitrogen and oxygen atoms in total. The molecule has 0 fully saturated rings. The van der Waals surface area contributed by atoms with Crippen molar-refractivity contribution in [3.05, 3.63) is 35.0 Å². The normalized spacial score (nSPS) is 10.6. The van der Waals surface area contributed by atoms with Crippen molar-refractivity contribution in [2.24, 2.45) is 0 Å². The largest absolute Gasteiger partial charge is 0.347 e. The number of hydrogen-bond acceptors (Lipinski definition) is 2. The molecule has 1 aromatic carbocycles. The molecule has 2 aromatic rings. The fourth-order valence-electron chi connectivity index (χ4n) is 1.81. The van der Waals surface area contributed by atoms with E-state index in [1.165, 1.54) is 4.90 Å². The number of fused-ring (bicyclic) bond motifs is 1. The van der Waals surface area contributed by atoms with Crippen LogP contribution in [-0.4, -0.2) is 35.8 Å². The van der Waals surface area contributed by atoms with Crippen molar-refractivity contribution in [2.45, 2.75) is 6.54 Å². The van der Waals surface area contributed by atoms with E-state index in [1.54, 1.807) is 43.1 Å². The van der Waals surface area contributed by atoms with E-state index in [4.69, 9.17) is 11.6 Å². The average Bonchev–Trinajstić information content (AvgIpc) is 2.66. The van der Waals surface area contributed by atoms with Gasteiger partial charge >= 0.3 is 0 Å². The highest BCUT2D eigenvalue weighted by atomic mass is 35.5. The van der Waals surface area contributed by atoms with Gasteiger partial charge in [0.2, 0.25) is 5.91 Å². The minimum absolute atomic E-state index is 0.0377. The van der Waals surface area contributed by atoms with E-state index in [2.05, 4.69) is 0 Å². The molecule has 18 heavy (non-hydrogen) atoms. The number of aldehydes is 1. The van der Waals surface area contributed by atoms with Crippen molar-refractivity contribution in [1.29, 1.82) is 0 Å². The molecule has 1 heterocycles. The Labute approximate surface area is 110 Å². The van der Waals surface area contributed by atoms with Crippen LogP contribution in [0, 0.1) is 0 Å². The average molecular weight is 265 g/mol. The summed E-state index contributed by atoms with van der Waals surface area (Å²) in [4.78, 5) is 24.2. The first-order valence-electron chi connectivity index (χ1n) is 5.46. The summed E-state index contributed by atoms with van der Waals surface area (Å²) in [5.41, 5.74) is 1.35. The molecular weight excluding hydrogens is 252 g/mol. The molecule has 94 valence electrons. The van der Waals surface area contributed by atoms with E-state index >= 15 is 0 Å². The van der Waals surface area contributed by atoms with Gasteiger partial charge in [0.25, 0.3) is 0 Å². The van der Waals surface area contributed by atoms with Crippen molar-refractivity contribution < 1.29 is 9.59 Å². The number of aromatic nitrogens is 1. The number of likely N-dealkylation sites (N-methyl/N-ethyl adjacent to an activating group) is 1. The zero-order valence-electron chi connectivity index (χ0n) is 10.2. The van der Waals surface area contributed by atoms with E-state index in [0.717, 1.165) is 17.2 Å². The van der Waals surface area contributed by atoms with Gasteiger partial charge < -0.3 is 9.47 Å². The third-order valence-corrected chi connectivity index (χ3v) is 3.04. The molecule has 0 N–H and O–H groups in total. The minimum atomic E-state index is -0.0377. The van der Waals surface area contributed by atoms with Crippen LogP contribution in [0.3, 0.4) is 0 Å². The quantitative estimate of drug-likeness (QED) is 0.798. The third kappa shape index (κ3) is 2.24. The Kier molecular flexibility index (Phi) is 3.39. The van der Waals surface area contributed by atoms with Gasteiger partial charge in [-0.1, -0.05) is 17.7 Å². The van der Waals surface area contributed by atoms with Crippen molar-refractivity contribution in [2.75, 3.05) is 14.1 Å². The topological polar surface area (TPSA) is 42.3 Å². The summed E-state index contributed by atoms with van der Waals surface area (Å²) in [5, 5.41) is 1.39. The number of carbonyl (C=O) groups excluding carboxylic acids is 2. The van der Waals surface area contributed by atoms with Gasteiger partial charge in [0.15, 0.2) is 6.29 Å². The van der Waals surface area contributed by atoms with Crippen LogP contribution < -0.4 is 0 Å². The van der Waals surface area contributed by atoms with E-state index in [1.807, 2.05) is 0 Å². The standard InChI is InChI=1S/C13H13ClN2O2/c1-15(2)13(18)7-16-6-9(8-17)11-4-3-10(14)5-12(11)16/h3-6,8H,7H2,1-2H3. The third-order valence-electron chi connectivity index (χ3n) is 2.81. The fourth-order valence-corrected chi connectivity index (χ4v) is 1.97. The highest BCUT2D eigenvalue weighted by Gasteiger charge is 2.12. The maximum absolute atomic E-state index is 11.7. The van der Waals surface area contributed by atoms with Gasteiger partial charge in [-0.2, -0.15) is 0 Å². The van der Waals surface area contributed by atoms with Crippen LogP contribution in [0.1, 0.15) is 10.4 Å². The van der Waals surface area contributed by atoms with E-state index in [-0.39, 0.29) is 12.5 Å². The Morgan fingerprint density at radius 3 is 2.78 bits per heavy atom. The van der Waals surface area contributed by atoms with Crippen LogP contribution in [0.15, 0.2) is 24.4 Å². The second-order valence-electron chi connectivity index (χ2n) is 4.28. The predicted molar refractivity (Wildman–Crippen MR) is 71.0 cm³/mol. The van der Waals surface area contributed by atoms with Gasteiger partial charge in [-0.05, 0) is 12.1 Å². The Morgan fingerprint density at radius 2 is 2.17 bits per heavy atom. The number of benzene rings is 1. The summed E-state index contributed by atoms with van der Waals surface area (Å²) in [6.45, 7) is 0.192. The Balaban J connectivity index is 2.53. The fraction of sp³-hybridized carbons (Fsp3) is 0.231. The lowest BCUT2D eigenvalue weighted by Crippen LogP contribution is -2.25. The zero-order valence-corrected chi connectivity index (χ0v) is 10.9. The molecule has 0 saturated heterocycles.